The Hall–Kier alpha value is -2.67. The molecule has 0 saturated heterocycles. The van der Waals surface area contributed by atoms with Crippen molar-refractivity contribution in [3.8, 4) is 0 Å². The highest BCUT2D eigenvalue weighted by atomic mass is 32.2. The zero-order valence-corrected chi connectivity index (χ0v) is 14.2. The molecule has 0 spiro atoms. The molecule has 0 bridgehead atoms. The zero-order chi connectivity index (χ0) is 16.8. The number of nitrogens with zero attached hydrogens (tertiary/aromatic N) is 5. The van der Waals surface area contributed by atoms with Gasteiger partial charge in [-0.3, -0.25) is 0 Å². The fourth-order valence-electron chi connectivity index (χ4n) is 2.98. The van der Waals surface area contributed by atoms with E-state index in [1.807, 2.05) is 30.3 Å². The second-order valence-electron chi connectivity index (χ2n) is 6.07. The van der Waals surface area contributed by atoms with Gasteiger partial charge in [0, 0.05) is 17.8 Å². The summed E-state index contributed by atoms with van der Waals surface area (Å²) in [5.74, 6) is 1.57. The van der Waals surface area contributed by atoms with Crippen LogP contribution in [0.3, 0.4) is 0 Å². The molecule has 124 valence electrons. The van der Waals surface area contributed by atoms with Gasteiger partial charge in [0.1, 0.15) is 23.3 Å². The van der Waals surface area contributed by atoms with Crippen molar-refractivity contribution >= 4 is 33.8 Å². The third-order valence-electron chi connectivity index (χ3n) is 4.31. The molecule has 0 atom stereocenters. The molecule has 6 nitrogen and oxygen atoms in total. The maximum absolute atomic E-state index is 6.00. The van der Waals surface area contributed by atoms with E-state index in [-0.39, 0.29) is 0 Å². The minimum Gasteiger partial charge on any atom is -0.451 e. The summed E-state index contributed by atoms with van der Waals surface area (Å²) >= 11 is 1.46. The lowest BCUT2D eigenvalue weighted by atomic mass is 10.2. The summed E-state index contributed by atoms with van der Waals surface area (Å²) in [5.41, 5.74) is 2.33. The normalized spacial score (nSPS) is 14.4. The number of para-hydroxylation sites is 1. The average Bonchev–Trinajstić information content (AvgIpc) is 3.30. The van der Waals surface area contributed by atoms with Crippen molar-refractivity contribution in [3.05, 3.63) is 49.1 Å². The van der Waals surface area contributed by atoms with Crippen LogP contribution in [0.1, 0.15) is 24.6 Å². The van der Waals surface area contributed by atoms with Crippen LogP contribution in [0.4, 0.5) is 0 Å². The van der Waals surface area contributed by atoms with Gasteiger partial charge in [-0.15, -0.1) is 16.8 Å². The zero-order valence-electron chi connectivity index (χ0n) is 13.4. The van der Waals surface area contributed by atoms with Crippen molar-refractivity contribution in [3.63, 3.8) is 0 Å². The summed E-state index contributed by atoms with van der Waals surface area (Å²) in [7, 11) is 0. The number of benzene rings is 1. The monoisotopic (exact) mass is 349 g/mol. The molecule has 0 unspecified atom stereocenters. The van der Waals surface area contributed by atoms with Gasteiger partial charge in [0.25, 0.3) is 0 Å². The SMILES string of the molecule is C=CCn1c(Sc2ncnc3c2oc2ccccc23)nnc1C1CC1. The fraction of sp³-hybridized carbons (Fsp3) is 0.222. The van der Waals surface area contributed by atoms with E-state index >= 15 is 0 Å². The van der Waals surface area contributed by atoms with Crippen molar-refractivity contribution in [2.45, 2.75) is 35.5 Å². The van der Waals surface area contributed by atoms with Crippen LogP contribution in [-0.4, -0.2) is 24.7 Å². The Kier molecular flexibility index (Phi) is 3.34. The minimum atomic E-state index is 0.526. The van der Waals surface area contributed by atoms with Crippen LogP contribution in [0.25, 0.3) is 22.1 Å². The molecule has 5 rings (SSSR count). The molecule has 1 aliphatic rings. The van der Waals surface area contributed by atoms with Crippen LogP contribution in [0, 0.1) is 0 Å². The third kappa shape index (κ3) is 2.42. The Morgan fingerprint density at radius 2 is 2.12 bits per heavy atom. The molecule has 0 radical (unpaired) electrons. The predicted octanol–water partition coefficient (Wildman–Crippen LogP) is 4.18. The van der Waals surface area contributed by atoms with Crippen LogP contribution in [-0.2, 0) is 6.54 Å². The van der Waals surface area contributed by atoms with Gasteiger partial charge in [0.05, 0.1) is 0 Å². The maximum atomic E-state index is 6.00. The van der Waals surface area contributed by atoms with Crippen molar-refractivity contribution in [1.29, 1.82) is 0 Å². The molecule has 25 heavy (non-hydrogen) atoms. The summed E-state index contributed by atoms with van der Waals surface area (Å²) in [6, 6.07) is 7.88. The Labute approximate surface area is 148 Å². The van der Waals surface area contributed by atoms with E-state index in [0.717, 1.165) is 32.5 Å². The summed E-state index contributed by atoms with van der Waals surface area (Å²) in [6.07, 6.45) is 5.81. The Bertz CT molecular complexity index is 1100. The number of furan rings is 1. The smallest absolute Gasteiger partial charge is 0.197 e. The van der Waals surface area contributed by atoms with Crippen LogP contribution in [0.2, 0.25) is 0 Å². The number of allylic oxidation sites excluding steroid dienone is 1. The standard InChI is InChI=1S/C18H15N5OS/c1-2-9-23-16(11-7-8-11)21-22-18(23)25-17-15-14(19-10-20-17)12-5-3-4-6-13(12)24-15/h2-6,10-11H,1,7-9H2. The molecule has 1 fully saturated rings. The van der Waals surface area contributed by atoms with Gasteiger partial charge < -0.3 is 8.98 Å². The van der Waals surface area contributed by atoms with Gasteiger partial charge in [-0.25, -0.2) is 9.97 Å². The summed E-state index contributed by atoms with van der Waals surface area (Å²) in [6.45, 7) is 4.54. The predicted molar refractivity (Wildman–Crippen MR) is 95.6 cm³/mol. The molecular weight excluding hydrogens is 334 g/mol. The van der Waals surface area contributed by atoms with Crippen LogP contribution < -0.4 is 0 Å². The molecule has 0 N–H and O–H groups in total. The van der Waals surface area contributed by atoms with Gasteiger partial charge in [0.2, 0.25) is 0 Å². The second-order valence-corrected chi connectivity index (χ2v) is 7.03. The second kappa shape index (κ2) is 5.70. The van der Waals surface area contributed by atoms with E-state index < -0.39 is 0 Å². The highest BCUT2D eigenvalue weighted by Crippen LogP contribution is 2.41. The van der Waals surface area contributed by atoms with Crippen LogP contribution >= 0.6 is 11.8 Å². The molecule has 4 aromatic rings. The van der Waals surface area contributed by atoms with E-state index in [1.54, 1.807) is 6.33 Å². The minimum absolute atomic E-state index is 0.526. The van der Waals surface area contributed by atoms with Gasteiger partial charge in [-0.05, 0) is 36.7 Å². The molecule has 3 heterocycles. The van der Waals surface area contributed by atoms with Crippen LogP contribution in [0.15, 0.2) is 57.8 Å². The first-order chi connectivity index (χ1) is 12.3. The maximum Gasteiger partial charge on any atom is 0.197 e. The Balaban J connectivity index is 1.61. The Morgan fingerprint density at radius 3 is 2.96 bits per heavy atom. The lowest BCUT2D eigenvalue weighted by Crippen LogP contribution is -2.02. The first-order valence-corrected chi connectivity index (χ1v) is 9.01. The first kappa shape index (κ1) is 14.7. The van der Waals surface area contributed by atoms with Crippen molar-refractivity contribution in [1.82, 2.24) is 24.7 Å². The topological polar surface area (TPSA) is 69.6 Å². The van der Waals surface area contributed by atoms with Gasteiger partial charge in [-0.1, -0.05) is 18.2 Å². The van der Waals surface area contributed by atoms with Crippen LogP contribution in [0.5, 0.6) is 0 Å². The molecule has 1 aliphatic carbocycles. The molecule has 1 aromatic carbocycles. The molecule has 1 saturated carbocycles. The first-order valence-electron chi connectivity index (χ1n) is 8.19. The lowest BCUT2D eigenvalue weighted by molar-refractivity contribution is 0.651. The van der Waals surface area contributed by atoms with E-state index in [2.05, 4.69) is 31.3 Å². The van der Waals surface area contributed by atoms with Gasteiger partial charge >= 0.3 is 0 Å². The number of hydrogen-bond acceptors (Lipinski definition) is 6. The summed E-state index contributed by atoms with van der Waals surface area (Å²) in [5, 5.41) is 11.3. The Morgan fingerprint density at radius 1 is 1.24 bits per heavy atom. The number of rotatable bonds is 5. The molecule has 7 heteroatoms. The van der Waals surface area contributed by atoms with Gasteiger partial charge in [0.15, 0.2) is 15.8 Å². The largest absolute Gasteiger partial charge is 0.451 e. The quantitative estimate of drug-likeness (QED) is 0.398. The van der Waals surface area contributed by atoms with Crippen molar-refractivity contribution < 1.29 is 4.42 Å². The van der Waals surface area contributed by atoms with Gasteiger partial charge in [-0.2, -0.15) is 0 Å². The van der Waals surface area contributed by atoms with E-state index in [4.69, 9.17) is 4.42 Å². The number of hydrogen-bond donors (Lipinski definition) is 0. The molecular formula is C18H15N5OS. The molecule has 0 amide bonds. The molecule has 0 aliphatic heterocycles. The summed E-state index contributed by atoms with van der Waals surface area (Å²) < 4.78 is 8.12. The summed E-state index contributed by atoms with van der Waals surface area (Å²) in [4.78, 5) is 8.82. The number of aromatic nitrogens is 5. The fourth-order valence-corrected chi connectivity index (χ4v) is 3.85. The number of fused-ring (bicyclic) bond motifs is 3. The highest BCUT2D eigenvalue weighted by Gasteiger charge is 2.30. The van der Waals surface area contributed by atoms with E-state index in [1.165, 1.54) is 24.6 Å². The average molecular weight is 349 g/mol. The highest BCUT2D eigenvalue weighted by molar-refractivity contribution is 7.99. The third-order valence-corrected chi connectivity index (χ3v) is 5.28. The molecule has 3 aromatic heterocycles. The lowest BCUT2D eigenvalue weighted by Gasteiger charge is -2.06. The van der Waals surface area contributed by atoms with E-state index in [0.29, 0.717) is 18.0 Å². The van der Waals surface area contributed by atoms with Crippen molar-refractivity contribution in [2.24, 2.45) is 0 Å². The van der Waals surface area contributed by atoms with E-state index in [9.17, 15) is 0 Å². The van der Waals surface area contributed by atoms with Crippen molar-refractivity contribution in [2.75, 3.05) is 0 Å².